The van der Waals surface area contributed by atoms with Crippen LogP contribution in [-0.2, 0) is 4.79 Å². The smallest absolute Gasteiger partial charge is 0.223 e. The van der Waals surface area contributed by atoms with E-state index in [4.69, 9.17) is 9.72 Å². The van der Waals surface area contributed by atoms with Gasteiger partial charge in [-0.15, -0.1) is 0 Å². The first-order valence-electron chi connectivity index (χ1n) is 9.04. The molecule has 1 aliphatic rings. The molecule has 3 rings (SSSR count). The number of piperidine rings is 1. The summed E-state index contributed by atoms with van der Waals surface area (Å²) in [4.78, 5) is 19.3. The van der Waals surface area contributed by atoms with Gasteiger partial charge in [0.05, 0.1) is 17.3 Å². The summed E-state index contributed by atoms with van der Waals surface area (Å²) in [6.07, 6.45) is 2.83. The summed E-state index contributed by atoms with van der Waals surface area (Å²) in [6.45, 7) is 6.92. The monoisotopic (exact) mass is 361 g/mol. The zero-order valence-corrected chi connectivity index (χ0v) is 16.1. The molecule has 0 atom stereocenters. The lowest BCUT2D eigenvalue weighted by molar-refractivity contribution is -0.125. The van der Waals surface area contributed by atoms with E-state index in [1.165, 1.54) is 0 Å². The number of ether oxygens (including phenoxy) is 1. The number of hydrogen-bond donors (Lipinski definition) is 1. The van der Waals surface area contributed by atoms with Crippen LogP contribution < -0.4 is 15.0 Å². The van der Waals surface area contributed by atoms with E-state index in [9.17, 15) is 4.79 Å². The number of hydrogen-bond acceptors (Lipinski definition) is 5. The Hall–Kier alpha value is -1.82. The molecule has 0 unspecified atom stereocenters. The molecule has 1 fully saturated rings. The SMILES string of the molecule is COc1ccc2nc(N3CCC(C(=O)NCCC(C)C)CC3)sc2c1. The Labute approximate surface area is 153 Å². The van der Waals surface area contributed by atoms with Gasteiger partial charge in [-0.1, -0.05) is 25.2 Å². The van der Waals surface area contributed by atoms with Crippen LogP contribution in [0.2, 0.25) is 0 Å². The maximum Gasteiger partial charge on any atom is 0.223 e. The van der Waals surface area contributed by atoms with E-state index < -0.39 is 0 Å². The minimum atomic E-state index is 0.137. The second-order valence-corrected chi connectivity index (χ2v) is 8.07. The summed E-state index contributed by atoms with van der Waals surface area (Å²) in [7, 11) is 1.68. The number of anilines is 1. The van der Waals surface area contributed by atoms with Crippen molar-refractivity contribution in [2.75, 3.05) is 31.6 Å². The number of methoxy groups -OCH3 is 1. The Morgan fingerprint density at radius 3 is 2.84 bits per heavy atom. The van der Waals surface area contributed by atoms with Crippen molar-refractivity contribution in [1.29, 1.82) is 0 Å². The molecule has 1 aromatic heterocycles. The third kappa shape index (κ3) is 4.42. The maximum atomic E-state index is 12.3. The molecule has 0 radical (unpaired) electrons. The Morgan fingerprint density at radius 2 is 2.16 bits per heavy atom. The zero-order valence-electron chi connectivity index (χ0n) is 15.2. The standard InChI is InChI=1S/C19H27N3O2S/c1-13(2)6-9-20-18(23)14-7-10-22(11-8-14)19-21-16-5-4-15(24-3)12-17(16)25-19/h4-5,12-14H,6-11H2,1-3H3,(H,20,23). The van der Waals surface area contributed by atoms with Gasteiger partial charge in [-0.3, -0.25) is 4.79 Å². The fourth-order valence-electron chi connectivity index (χ4n) is 3.12. The minimum Gasteiger partial charge on any atom is -0.497 e. The number of carbonyl (C=O) groups excluding carboxylic acids is 1. The number of nitrogens with one attached hydrogen (secondary N) is 1. The lowest BCUT2D eigenvalue weighted by atomic mass is 9.96. The van der Waals surface area contributed by atoms with E-state index in [-0.39, 0.29) is 11.8 Å². The Bertz CT molecular complexity index is 721. The van der Waals surface area contributed by atoms with Crippen molar-refractivity contribution < 1.29 is 9.53 Å². The molecular formula is C19H27N3O2S. The summed E-state index contributed by atoms with van der Waals surface area (Å²) >= 11 is 1.69. The second-order valence-electron chi connectivity index (χ2n) is 7.06. The van der Waals surface area contributed by atoms with Crippen molar-refractivity contribution in [3.8, 4) is 5.75 Å². The molecule has 0 saturated carbocycles. The van der Waals surface area contributed by atoms with Crippen LogP contribution in [0.15, 0.2) is 18.2 Å². The highest BCUT2D eigenvalue weighted by atomic mass is 32.1. The van der Waals surface area contributed by atoms with E-state index in [0.717, 1.165) is 60.0 Å². The molecular weight excluding hydrogens is 334 g/mol. The van der Waals surface area contributed by atoms with Crippen LogP contribution >= 0.6 is 11.3 Å². The highest BCUT2D eigenvalue weighted by Gasteiger charge is 2.26. The molecule has 2 heterocycles. The molecule has 25 heavy (non-hydrogen) atoms. The fraction of sp³-hybridized carbons (Fsp3) is 0.579. The van der Waals surface area contributed by atoms with Crippen molar-refractivity contribution in [3.63, 3.8) is 0 Å². The van der Waals surface area contributed by atoms with Gasteiger partial charge in [-0.05, 0) is 43.4 Å². The van der Waals surface area contributed by atoms with Gasteiger partial charge in [0.15, 0.2) is 5.13 Å². The van der Waals surface area contributed by atoms with Crippen molar-refractivity contribution in [2.24, 2.45) is 11.8 Å². The average Bonchev–Trinajstić information content (AvgIpc) is 3.04. The second kappa shape index (κ2) is 8.04. The third-order valence-electron chi connectivity index (χ3n) is 4.74. The molecule has 1 N–H and O–H groups in total. The van der Waals surface area contributed by atoms with E-state index >= 15 is 0 Å². The summed E-state index contributed by atoms with van der Waals surface area (Å²) in [5.74, 6) is 1.84. The van der Waals surface area contributed by atoms with Gasteiger partial charge >= 0.3 is 0 Å². The normalized spacial score (nSPS) is 15.8. The lowest BCUT2D eigenvalue weighted by Gasteiger charge is -2.31. The number of benzene rings is 1. The molecule has 1 amide bonds. The average molecular weight is 362 g/mol. The summed E-state index contributed by atoms with van der Waals surface area (Å²) in [6, 6.07) is 5.98. The van der Waals surface area contributed by atoms with E-state index in [2.05, 4.69) is 24.1 Å². The first kappa shape index (κ1) is 18.0. The predicted molar refractivity (Wildman–Crippen MR) is 104 cm³/mol. The van der Waals surface area contributed by atoms with Crippen molar-refractivity contribution in [2.45, 2.75) is 33.1 Å². The van der Waals surface area contributed by atoms with Crippen LogP contribution in [0.25, 0.3) is 10.2 Å². The molecule has 1 saturated heterocycles. The summed E-state index contributed by atoms with van der Waals surface area (Å²) < 4.78 is 6.43. The van der Waals surface area contributed by atoms with Gasteiger partial charge in [0.2, 0.25) is 5.91 Å². The zero-order chi connectivity index (χ0) is 17.8. The molecule has 0 bridgehead atoms. The van der Waals surface area contributed by atoms with Gasteiger partial charge in [0, 0.05) is 25.6 Å². The number of thiazole rings is 1. The molecule has 5 nitrogen and oxygen atoms in total. The summed E-state index contributed by atoms with van der Waals surface area (Å²) in [5, 5.41) is 4.13. The Balaban J connectivity index is 1.56. The maximum absolute atomic E-state index is 12.3. The highest BCUT2D eigenvalue weighted by Crippen LogP contribution is 2.33. The Kier molecular flexibility index (Phi) is 5.78. The van der Waals surface area contributed by atoms with Crippen LogP contribution in [0.3, 0.4) is 0 Å². The van der Waals surface area contributed by atoms with Crippen LogP contribution in [0.5, 0.6) is 5.75 Å². The molecule has 1 aliphatic heterocycles. The van der Waals surface area contributed by atoms with Crippen molar-refractivity contribution in [1.82, 2.24) is 10.3 Å². The van der Waals surface area contributed by atoms with E-state index in [0.29, 0.717) is 5.92 Å². The number of fused-ring (bicyclic) bond motifs is 1. The van der Waals surface area contributed by atoms with Crippen LogP contribution in [0.1, 0.15) is 33.1 Å². The Morgan fingerprint density at radius 1 is 1.40 bits per heavy atom. The highest BCUT2D eigenvalue weighted by molar-refractivity contribution is 7.22. The van der Waals surface area contributed by atoms with Gasteiger partial charge in [-0.2, -0.15) is 0 Å². The van der Waals surface area contributed by atoms with Crippen LogP contribution in [-0.4, -0.2) is 37.6 Å². The van der Waals surface area contributed by atoms with Crippen LogP contribution in [0.4, 0.5) is 5.13 Å². The van der Waals surface area contributed by atoms with Gasteiger partial charge in [-0.25, -0.2) is 4.98 Å². The lowest BCUT2D eigenvalue weighted by Crippen LogP contribution is -2.40. The first-order chi connectivity index (χ1) is 12.1. The molecule has 0 aliphatic carbocycles. The number of rotatable bonds is 6. The topological polar surface area (TPSA) is 54.5 Å². The quantitative estimate of drug-likeness (QED) is 0.853. The first-order valence-corrected chi connectivity index (χ1v) is 9.85. The number of nitrogens with zero attached hydrogens (tertiary/aromatic N) is 2. The molecule has 136 valence electrons. The molecule has 6 heteroatoms. The third-order valence-corrected chi connectivity index (χ3v) is 5.82. The van der Waals surface area contributed by atoms with Crippen LogP contribution in [0, 0.1) is 11.8 Å². The fourth-order valence-corrected chi connectivity index (χ4v) is 4.16. The van der Waals surface area contributed by atoms with E-state index in [1.54, 1.807) is 18.4 Å². The summed E-state index contributed by atoms with van der Waals surface area (Å²) in [5.41, 5.74) is 1.01. The van der Waals surface area contributed by atoms with Gasteiger partial charge in [0.25, 0.3) is 0 Å². The number of aromatic nitrogens is 1. The van der Waals surface area contributed by atoms with Gasteiger partial charge in [0.1, 0.15) is 5.75 Å². The molecule has 2 aromatic rings. The van der Waals surface area contributed by atoms with Crippen molar-refractivity contribution >= 4 is 32.6 Å². The molecule has 1 aromatic carbocycles. The van der Waals surface area contributed by atoms with E-state index in [1.807, 2.05) is 18.2 Å². The number of amides is 1. The number of carbonyl (C=O) groups is 1. The predicted octanol–water partition coefficient (Wildman–Crippen LogP) is 3.68. The minimum absolute atomic E-state index is 0.137. The largest absolute Gasteiger partial charge is 0.497 e. The molecule has 0 spiro atoms. The van der Waals surface area contributed by atoms with Crippen molar-refractivity contribution in [3.05, 3.63) is 18.2 Å². The van der Waals surface area contributed by atoms with Gasteiger partial charge < -0.3 is 15.0 Å².